The number of para-hydroxylation sites is 1. The first-order chi connectivity index (χ1) is 16.0. The standard InChI is InChI=1S/C28H31NO4/c1-18(2)20-12-14-21(15-13-20)26-25(19(3)29-23-10-7-11-24(30)27(23)26)28(31)33-17-16-32-22-8-5-4-6-9-22/h4-6,8-9,12-15,18,25-26H,7,10-11,16-17H2,1-3H3/t25?,26-/m1/s1. The van der Waals surface area contributed by atoms with Crippen LogP contribution in [-0.4, -0.2) is 30.7 Å². The Hall–Kier alpha value is -3.21. The van der Waals surface area contributed by atoms with Crippen molar-refractivity contribution < 1.29 is 19.1 Å². The molecule has 0 amide bonds. The van der Waals surface area contributed by atoms with Crippen LogP contribution >= 0.6 is 0 Å². The lowest BCUT2D eigenvalue weighted by Crippen LogP contribution is -2.37. The lowest BCUT2D eigenvalue weighted by molar-refractivity contribution is -0.147. The maximum Gasteiger partial charge on any atom is 0.315 e. The Balaban J connectivity index is 1.56. The third-order valence-corrected chi connectivity index (χ3v) is 6.39. The lowest BCUT2D eigenvalue weighted by Gasteiger charge is -2.34. The average Bonchev–Trinajstić information content (AvgIpc) is 2.81. The number of carbonyl (C=O) groups excluding carboxylic acids is 2. The number of hydrogen-bond donors (Lipinski definition) is 0. The quantitative estimate of drug-likeness (QED) is 0.410. The Morgan fingerprint density at radius 1 is 1.03 bits per heavy atom. The van der Waals surface area contributed by atoms with Gasteiger partial charge in [0.15, 0.2) is 5.78 Å². The number of benzene rings is 2. The number of carbonyl (C=O) groups is 2. The molecule has 2 aromatic rings. The van der Waals surface area contributed by atoms with E-state index in [4.69, 9.17) is 14.5 Å². The number of esters is 1. The molecule has 1 unspecified atom stereocenters. The molecule has 0 bridgehead atoms. The summed E-state index contributed by atoms with van der Waals surface area (Å²) in [5.74, 6) is -0.118. The number of hydrogen-bond acceptors (Lipinski definition) is 5. The summed E-state index contributed by atoms with van der Waals surface area (Å²) in [5.41, 5.74) is 4.40. The SMILES string of the molecule is CC1=NC2=C(C(=O)CCC2)[C@H](c2ccc(C(C)C)cc2)C1C(=O)OCCOc1ccccc1. The number of Topliss-reactive ketones (excluding diaryl/α,β-unsaturated/α-hetero) is 1. The average molecular weight is 446 g/mol. The predicted molar refractivity (Wildman–Crippen MR) is 129 cm³/mol. The van der Waals surface area contributed by atoms with Gasteiger partial charge in [0.05, 0.1) is 0 Å². The van der Waals surface area contributed by atoms with Crippen LogP contribution < -0.4 is 4.74 Å². The minimum atomic E-state index is -0.618. The van der Waals surface area contributed by atoms with Gasteiger partial charge < -0.3 is 9.47 Å². The number of ether oxygens (including phenoxy) is 2. The van der Waals surface area contributed by atoms with Crippen molar-refractivity contribution in [2.45, 2.75) is 51.9 Å². The molecule has 0 N–H and O–H groups in total. The van der Waals surface area contributed by atoms with E-state index >= 15 is 0 Å². The lowest BCUT2D eigenvalue weighted by atomic mass is 9.71. The molecule has 0 saturated carbocycles. The van der Waals surface area contributed by atoms with Crippen LogP contribution in [0.3, 0.4) is 0 Å². The Morgan fingerprint density at radius 3 is 2.45 bits per heavy atom. The molecule has 0 spiro atoms. The topological polar surface area (TPSA) is 65.0 Å². The summed E-state index contributed by atoms with van der Waals surface area (Å²) in [5, 5.41) is 0. The summed E-state index contributed by atoms with van der Waals surface area (Å²) in [6, 6.07) is 17.7. The van der Waals surface area contributed by atoms with Crippen LogP contribution in [0.5, 0.6) is 5.75 Å². The van der Waals surface area contributed by atoms with Gasteiger partial charge in [0, 0.05) is 29.3 Å². The molecule has 4 rings (SSSR count). The molecule has 2 aliphatic rings. The molecule has 0 saturated heterocycles. The monoisotopic (exact) mass is 445 g/mol. The molecule has 1 heterocycles. The Labute approximate surface area is 195 Å². The zero-order valence-corrected chi connectivity index (χ0v) is 19.5. The number of rotatable bonds is 7. The minimum absolute atomic E-state index is 0.0932. The highest BCUT2D eigenvalue weighted by Crippen LogP contribution is 2.43. The van der Waals surface area contributed by atoms with Crippen LogP contribution in [0, 0.1) is 5.92 Å². The summed E-state index contributed by atoms with van der Waals surface area (Å²) in [6.45, 7) is 6.56. The second kappa shape index (κ2) is 10.2. The van der Waals surface area contributed by atoms with Gasteiger partial charge in [-0.25, -0.2) is 0 Å². The number of aliphatic imine (C=N–C) groups is 1. The number of allylic oxidation sites excluding steroid dienone is 2. The molecular formula is C28H31NO4. The van der Waals surface area contributed by atoms with Crippen LogP contribution in [0.15, 0.2) is 70.9 Å². The van der Waals surface area contributed by atoms with Crippen LogP contribution in [0.2, 0.25) is 0 Å². The van der Waals surface area contributed by atoms with Crippen LogP contribution in [-0.2, 0) is 14.3 Å². The van der Waals surface area contributed by atoms with E-state index in [9.17, 15) is 9.59 Å². The van der Waals surface area contributed by atoms with Gasteiger partial charge in [-0.05, 0) is 48.9 Å². The van der Waals surface area contributed by atoms with Crippen molar-refractivity contribution in [3.8, 4) is 5.75 Å². The minimum Gasteiger partial charge on any atom is -0.490 e. The van der Waals surface area contributed by atoms with Crippen molar-refractivity contribution in [2.75, 3.05) is 13.2 Å². The van der Waals surface area contributed by atoms with E-state index in [-0.39, 0.29) is 30.9 Å². The maximum absolute atomic E-state index is 13.3. The van der Waals surface area contributed by atoms with Crippen molar-refractivity contribution in [1.29, 1.82) is 0 Å². The van der Waals surface area contributed by atoms with Gasteiger partial charge >= 0.3 is 5.97 Å². The molecule has 2 atom stereocenters. The highest BCUT2D eigenvalue weighted by atomic mass is 16.6. The van der Waals surface area contributed by atoms with Crippen LogP contribution in [0.4, 0.5) is 0 Å². The zero-order chi connectivity index (χ0) is 23.4. The molecule has 2 aromatic carbocycles. The van der Waals surface area contributed by atoms with Gasteiger partial charge in [-0.3, -0.25) is 14.6 Å². The maximum atomic E-state index is 13.3. The molecule has 0 fully saturated rings. The molecule has 1 aliphatic heterocycles. The number of ketones is 1. The number of nitrogens with zero attached hydrogens (tertiary/aromatic N) is 1. The first-order valence-electron chi connectivity index (χ1n) is 11.7. The first-order valence-corrected chi connectivity index (χ1v) is 11.7. The second-order valence-corrected chi connectivity index (χ2v) is 9.00. The third-order valence-electron chi connectivity index (χ3n) is 6.39. The Kier molecular flexibility index (Phi) is 7.07. The Morgan fingerprint density at radius 2 is 1.76 bits per heavy atom. The van der Waals surface area contributed by atoms with E-state index in [0.29, 0.717) is 23.6 Å². The van der Waals surface area contributed by atoms with Crippen molar-refractivity contribution >= 4 is 17.5 Å². The van der Waals surface area contributed by atoms with Gasteiger partial charge in [0.2, 0.25) is 0 Å². The van der Waals surface area contributed by atoms with Gasteiger partial charge in [-0.15, -0.1) is 0 Å². The fourth-order valence-corrected chi connectivity index (χ4v) is 4.67. The van der Waals surface area contributed by atoms with Gasteiger partial charge in [0.1, 0.15) is 24.9 Å². The van der Waals surface area contributed by atoms with E-state index in [1.807, 2.05) is 49.4 Å². The summed E-state index contributed by atoms with van der Waals surface area (Å²) in [6.07, 6.45) is 2.08. The van der Waals surface area contributed by atoms with Crippen molar-refractivity contribution in [1.82, 2.24) is 0 Å². The van der Waals surface area contributed by atoms with E-state index in [1.165, 1.54) is 5.56 Å². The van der Waals surface area contributed by atoms with E-state index in [1.54, 1.807) is 0 Å². The van der Waals surface area contributed by atoms with Gasteiger partial charge in [0.25, 0.3) is 0 Å². The third kappa shape index (κ3) is 5.08. The highest BCUT2D eigenvalue weighted by Gasteiger charge is 2.43. The summed E-state index contributed by atoms with van der Waals surface area (Å²) >= 11 is 0. The Bertz CT molecular complexity index is 1070. The van der Waals surface area contributed by atoms with E-state index in [0.717, 1.165) is 29.9 Å². The van der Waals surface area contributed by atoms with Gasteiger partial charge in [-0.2, -0.15) is 0 Å². The summed E-state index contributed by atoms with van der Waals surface area (Å²) < 4.78 is 11.3. The van der Waals surface area contributed by atoms with Gasteiger partial charge in [-0.1, -0.05) is 56.3 Å². The highest BCUT2D eigenvalue weighted by molar-refractivity contribution is 6.08. The van der Waals surface area contributed by atoms with Crippen molar-refractivity contribution in [3.05, 3.63) is 77.0 Å². The molecule has 172 valence electrons. The molecule has 5 heteroatoms. The smallest absolute Gasteiger partial charge is 0.315 e. The molecular weight excluding hydrogens is 414 g/mol. The fourth-order valence-electron chi connectivity index (χ4n) is 4.67. The van der Waals surface area contributed by atoms with Crippen molar-refractivity contribution in [3.63, 3.8) is 0 Å². The molecule has 33 heavy (non-hydrogen) atoms. The van der Waals surface area contributed by atoms with E-state index in [2.05, 4.69) is 26.0 Å². The zero-order valence-electron chi connectivity index (χ0n) is 19.5. The largest absolute Gasteiger partial charge is 0.490 e. The second-order valence-electron chi connectivity index (χ2n) is 9.00. The molecule has 0 aromatic heterocycles. The molecule has 1 aliphatic carbocycles. The molecule has 5 nitrogen and oxygen atoms in total. The van der Waals surface area contributed by atoms with Crippen LogP contribution in [0.1, 0.15) is 63.0 Å². The normalized spacial score (nSPS) is 20.4. The summed E-state index contributed by atoms with van der Waals surface area (Å²) in [4.78, 5) is 30.9. The fraction of sp³-hybridized carbons (Fsp3) is 0.393. The first kappa shape index (κ1) is 23.0. The predicted octanol–water partition coefficient (Wildman–Crippen LogP) is 5.61. The van der Waals surface area contributed by atoms with E-state index < -0.39 is 5.92 Å². The van der Waals surface area contributed by atoms with Crippen molar-refractivity contribution in [2.24, 2.45) is 10.9 Å². The van der Waals surface area contributed by atoms with Crippen LogP contribution in [0.25, 0.3) is 0 Å². The summed E-state index contributed by atoms with van der Waals surface area (Å²) in [7, 11) is 0. The molecule has 0 radical (unpaired) electrons.